The summed E-state index contributed by atoms with van der Waals surface area (Å²) in [4.78, 5) is 13.3. The van der Waals surface area contributed by atoms with Gasteiger partial charge in [0.2, 0.25) is 6.29 Å². The van der Waals surface area contributed by atoms with Crippen LogP contribution < -0.4 is 5.32 Å². The summed E-state index contributed by atoms with van der Waals surface area (Å²) >= 11 is 0. The van der Waals surface area contributed by atoms with Crippen LogP contribution in [0.3, 0.4) is 0 Å². The van der Waals surface area contributed by atoms with E-state index in [0.29, 0.717) is 0 Å². The first-order valence-electron chi connectivity index (χ1n) is 7.21. The SMILES string of the molecule is CCCCCCCCC([C]=O)N1CCNCC1. The van der Waals surface area contributed by atoms with Gasteiger partial charge < -0.3 is 5.32 Å². The number of unbranched alkanes of at least 4 members (excludes halogenated alkanes) is 5. The third-order valence-electron chi connectivity index (χ3n) is 3.56. The van der Waals surface area contributed by atoms with Crippen LogP contribution in [0.15, 0.2) is 0 Å². The summed E-state index contributed by atoms with van der Waals surface area (Å²) in [6.45, 7) is 6.25. The third kappa shape index (κ3) is 6.18. The van der Waals surface area contributed by atoms with Crippen LogP contribution in [0.5, 0.6) is 0 Å². The molecular weight excluding hydrogens is 212 g/mol. The summed E-state index contributed by atoms with van der Waals surface area (Å²) in [6.07, 6.45) is 11.0. The Labute approximate surface area is 106 Å². The number of rotatable bonds is 9. The van der Waals surface area contributed by atoms with Crippen LogP contribution in [0.25, 0.3) is 0 Å². The average molecular weight is 239 g/mol. The summed E-state index contributed by atoms with van der Waals surface area (Å²) in [7, 11) is 0. The van der Waals surface area contributed by atoms with Gasteiger partial charge >= 0.3 is 0 Å². The highest BCUT2D eigenvalue weighted by Crippen LogP contribution is 2.11. The molecular formula is C14H27N2O. The van der Waals surface area contributed by atoms with Crippen molar-refractivity contribution in [2.45, 2.75) is 57.9 Å². The van der Waals surface area contributed by atoms with Gasteiger partial charge in [0.05, 0.1) is 6.04 Å². The van der Waals surface area contributed by atoms with Crippen LogP contribution in [-0.2, 0) is 4.79 Å². The van der Waals surface area contributed by atoms with E-state index in [4.69, 9.17) is 0 Å². The number of piperazine rings is 1. The fourth-order valence-electron chi connectivity index (χ4n) is 2.43. The van der Waals surface area contributed by atoms with Gasteiger partial charge in [0, 0.05) is 26.2 Å². The lowest BCUT2D eigenvalue weighted by Crippen LogP contribution is -2.49. The standard InChI is InChI=1S/C14H27N2O/c1-2-3-4-5-6-7-8-14(13-17)16-11-9-15-10-12-16/h14-15H,2-12H2,1H3. The second kappa shape index (κ2) is 9.60. The molecule has 1 radical (unpaired) electrons. The zero-order chi connectivity index (χ0) is 12.3. The minimum atomic E-state index is 0.0447. The summed E-state index contributed by atoms with van der Waals surface area (Å²) in [5.74, 6) is 0. The molecule has 3 heteroatoms. The summed E-state index contributed by atoms with van der Waals surface area (Å²) in [5.41, 5.74) is 0. The van der Waals surface area contributed by atoms with E-state index in [0.717, 1.165) is 32.6 Å². The molecule has 1 saturated heterocycles. The maximum atomic E-state index is 11.0. The molecule has 0 spiro atoms. The van der Waals surface area contributed by atoms with Crippen LogP contribution >= 0.6 is 0 Å². The molecule has 0 bridgehead atoms. The van der Waals surface area contributed by atoms with E-state index >= 15 is 0 Å². The van der Waals surface area contributed by atoms with Gasteiger partial charge in [0.1, 0.15) is 0 Å². The molecule has 99 valence electrons. The Morgan fingerprint density at radius 1 is 1.12 bits per heavy atom. The number of nitrogens with zero attached hydrogens (tertiary/aromatic N) is 1. The smallest absolute Gasteiger partial charge is 0.217 e. The number of carbonyl (C=O) groups excluding carboxylic acids is 1. The molecule has 1 atom stereocenters. The number of hydrogen-bond acceptors (Lipinski definition) is 3. The van der Waals surface area contributed by atoms with Crippen molar-refractivity contribution in [1.29, 1.82) is 0 Å². The van der Waals surface area contributed by atoms with E-state index in [1.54, 1.807) is 0 Å². The highest BCUT2D eigenvalue weighted by atomic mass is 16.1. The lowest BCUT2D eigenvalue weighted by molar-refractivity contribution is 0.199. The van der Waals surface area contributed by atoms with Gasteiger partial charge in [-0.2, -0.15) is 0 Å². The molecule has 0 amide bonds. The van der Waals surface area contributed by atoms with Crippen molar-refractivity contribution >= 4 is 6.29 Å². The topological polar surface area (TPSA) is 32.3 Å². The van der Waals surface area contributed by atoms with Crippen LogP contribution in [0, 0.1) is 0 Å². The minimum Gasteiger partial charge on any atom is -0.314 e. The summed E-state index contributed by atoms with van der Waals surface area (Å²) in [6, 6.07) is 0.0447. The van der Waals surface area contributed by atoms with Gasteiger partial charge in [0.25, 0.3) is 0 Å². The fraction of sp³-hybridized carbons (Fsp3) is 0.929. The van der Waals surface area contributed by atoms with Crippen molar-refractivity contribution in [2.24, 2.45) is 0 Å². The Hall–Kier alpha value is -0.410. The van der Waals surface area contributed by atoms with Crippen molar-refractivity contribution in [3.63, 3.8) is 0 Å². The second-order valence-corrected chi connectivity index (χ2v) is 4.98. The zero-order valence-corrected chi connectivity index (χ0v) is 11.2. The molecule has 1 unspecified atom stereocenters. The van der Waals surface area contributed by atoms with E-state index in [1.165, 1.54) is 38.5 Å². The molecule has 0 aromatic rings. The van der Waals surface area contributed by atoms with Crippen molar-refractivity contribution < 1.29 is 4.79 Å². The van der Waals surface area contributed by atoms with Crippen molar-refractivity contribution in [3.8, 4) is 0 Å². The largest absolute Gasteiger partial charge is 0.314 e. The fourth-order valence-corrected chi connectivity index (χ4v) is 2.43. The van der Waals surface area contributed by atoms with Crippen molar-refractivity contribution in [2.75, 3.05) is 26.2 Å². The zero-order valence-electron chi connectivity index (χ0n) is 11.2. The second-order valence-electron chi connectivity index (χ2n) is 4.98. The van der Waals surface area contributed by atoms with Gasteiger partial charge in [-0.15, -0.1) is 0 Å². The average Bonchev–Trinajstić information content (AvgIpc) is 2.39. The molecule has 0 aromatic carbocycles. The number of hydrogen-bond donors (Lipinski definition) is 1. The maximum Gasteiger partial charge on any atom is 0.217 e. The van der Waals surface area contributed by atoms with Crippen LogP contribution in [0.4, 0.5) is 0 Å². The maximum absolute atomic E-state index is 11.0. The minimum absolute atomic E-state index is 0.0447. The van der Waals surface area contributed by atoms with Gasteiger partial charge in [-0.05, 0) is 6.42 Å². The summed E-state index contributed by atoms with van der Waals surface area (Å²) in [5, 5.41) is 3.31. The van der Waals surface area contributed by atoms with Gasteiger partial charge in [-0.25, -0.2) is 0 Å². The van der Waals surface area contributed by atoms with E-state index in [2.05, 4.69) is 23.4 Å². The van der Waals surface area contributed by atoms with Crippen LogP contribution in [0.2, 0.25) is 0 Å². The molecule has 1 N–H and O–H groups in total. The van der Waals surface area contributed by atoms with Crippen molar-refractivity contribution in [3.05, 3.63) is 0 Å². The molecule has 1 aliphatic rings. The van der Waals surface area contributed by atoms with Gasteiger partial charge in [-0.3, -0.25) is 9.69 Å². The van der Waals surface area contributed by atoms with Crippen LogP contribution in [0.1, 0.15) is 51.9 Å². The van der Waals surface area contributed by atoms with Crippen LogP contribution in [-0.4, -0.2) is 43.4 Å². The Balaban J connectivity index is 2.07. The molecule has 17 heavy (non-hydrogen) atoms. The highest BCUT2D eigenvalue weighted by Gasteiger charge is 2.19. The first-order valence-corrected chi connectivity index (χ1v) is 7.21. The molecule has 1 fully saturated rings. The van der Waals surface area contributed by atoms with E-state index < -0.39 is 0 Å². The van der Waals surface area contributed by atoms with Gasteiger partial charge in [0.15, 0.2) is 0 Å². The molecule has 0 aromatic heterocycles. The predicted octanol–water partition coefficient (Wildman–Crippen LogP) is 2.12. The Bertz CT molecular complexity index is 191. The van der Waals surface area contributed by atoms with E-state index in [9.17, 15) is 4.79 Å². The Morgan fingerprint density at radius 3 is 2.41 bits per heavy atom. The lowest BCUT2D eigenvalue weighted by Gasteiger charge is -2.31. The lowest BCUT2D eigenvalue weighted by atomic mass is 10.0. The molecule has 1 aliphatic heterocycles. The molecule has 0 aliphatic carbocycles. The van der Waals surface area contributed by atoms with E-state index in [1.807, 2.05) is 0 Å². The predicted molar refractivity (Wildman–Crippen MR) is 71.9 cm³/mol. The Kier molecular flexibility index (Phi) is 8.28. The normalized spacial score (nSPS) is 19.1. The third-order valence-corrected chi connectivity index (χ3v) is 3.56. The number of nitrogens with one attached hydrogen (secondary N) is 1. The molecule has 3 nitrogen and oxygen atoms in total. The quantitative estimate of drug-likeness (QED) is 0.626. The molecule has 1 heterocycles. The van der Waals surface area contributed by atoms with Crippen molar-refractivity contribution in [1.82, 2.24) is 10.2 Å². The summed E-state index contributed by atoms with van der Waals surface area (Å²) < 4.78 is 0. The Morgan fingerprint density at radius 2 is 1.76 bits per heavy atom. The molecule has 1 rings (SSSR count). The molecule has 0 saturated carbocycles. The highest BCUT2D eigenvalue weighted by molar-refractivity contribution is 5.58. The van der Waals surface area contributed by atoms with Gasteiger partial charge in [-0.1, -0.05) is 45.4 Å². The van der Waals surface area contributed by atoms with E-state index in [-0.39, 0.29) is 6.04 Å². The first kappa shape index (κ1) is 14.7. The monoisotopic (exact) mass is 239 g/mol. The first-order chi connectivity index (χ1) is 8.38.